The number of carbonyl (C=O) groups excluding carboxylic acids is 1. The summed E-state index contributed by atoms with van der Waals surface area (Å²) in [6.07, 6.45) is 1.42. The minimum atomic E-state index is -0.371. The van der Waals surface area contributed by atoms with Gasteiger partial charge in [-0.05, 0) is 49.2 Å². The molecule has 0 spiro atoms. The van der Waals surface area contributed by atoms with Crippen molar-refractivity contribution in [3.63, 3.8) is 0 Å². The van der Waals surface area contributed by atoms with Crippen LogP contribution in [0.4, 0.5) is 0 Å². The van der Waals surface area contributed by atoms with Gasteiger partial charge in [0, 0.05) is 0 Å². The summed E-state index contributed by atoms with van der Waals surface area (Å²) < 4.78 is 10.4. The van der Waals surface area contributed by atoms with Crippen LogP contribution in [0.2, 0.25) is 0 Å². The van der Waals surface area contributed by atoms with Crippen LogP contribution in [0, 0.1) is 13.8 Å². The minimum absolute atomic E-state index is 0.00551. The normalized spacial score (nSPS) is 10.6. The average Bonchev–Trinajstić information content (AvgIpc) is 2.54. The Morgan fingerprint density at radius 2 is 1.96 bits per heavy atom. The summed E-state index contributed by atoms with van der Waals surface area (Å²) in [7, 11) is 1.47. The second kappa shape index (κ2) is 8.01. The molecule has 0 fully saturated rings. The number of ether oxygens (including phenoxy) is 2. The average molecular weight is 328 g/mol. The molecular formula is C18H20N2O4. The van der Waals surface area contributed by atoms with Crippen LogP contribution in [-0.2, 0) is 4.79 Å². The van der Waals surface area contributed by atoms with Gasteiger partial charge in [-0.15, -0.1) is 0 Å². The first-order valence-electron chi connectivity index (χ1n) is 7.38. The van der Waals surface area contributed by atoms with Crippen molar-refractivity contribution in [3.8, 4) is 17.2 Å². The molecule has 0 aliphatic carbocycles. The van der Waals surface area contributed by atoms with Gasteiger partial charge in [0.05, 0.1) is 13.3 Å². The SMILES string of the molecule is COc1ccc(/C=N\NC(=O)COc2ccc(C)cc2C)cc1O. The van der Waals surface area contributed by atoms with E-state index in [1.165, 1.54) is 19.4 Å². The first kappa shape index (κ1) is 17.3. The number of nitrogens with zero attached hydrogens (tertiary/aromatic N) is 1. The number of amides is 1. The highest BCUT2D eigenvalue weighted by Crippen LogP contribution is 2.25. The van der Waals surface area contributed by atoms with E-state index in [4.69, 9.17) is 9.47 Å². The zero-order valence-electron chi connectivity index (χ0n) is 13.9. The Balaban J connectivity index is 1.85. The van der Waals surface area contributed by atoms with E-state index in [-0.39, 0.29) is 18.3 Å². The van der Waals surface area contributed by atoms with Crippen LogP contribution in [-0.4, -0.2) is 30.9 Å². The molecule has 0 aliphatic heterocycles. The fourth-order valence-electron chi connectivity index (χ4n) is 2.10. The summed E-state index contributed by atoms with van der Waals surface area (Å²) in [5.41, 5.74) is 5.11. The van der Waals surface area contributed by atoms with E-state index < -0.39 is 0 Å². The number of phenols is 1. The van der Waals surface area contributed by atoms with Crippen molar-refractivity contribution in [2.45, 2.75) is 13.8 Å². The standard InChI is InChI=1S/C18H20N2O4/c1-12-4-6-16(13(2)8-12)24-11-18(22)20-19-10-14-5-7-17(23-3)15(21)9-14/h4-10,21H,11H2,1-3H3,(H,20,22)/b19-10-. The predicted molar refractivity (Wildman–Crippen MR) is 91.8 cm³/mol. The predicted octanol–water partition coefficient (Wildman–Crippen LogP) is 2.55. The summed E-state index contributed by atoms with van der Waals surface area (Å²) in [5.74, 6) is 0.674. The third kappa shape index (κ3) is 4.74. The van der Waals surface area contributed by atoms with E-state index in [0.29, 0.717) is 17.1 Å². The van der Waals surface area contributed by atoms with Crippen LogP contribution in [0.3, 0.4) is 0 Å². The molecule has 1 amide bonds. The van der Waals surface area contributed by atoms with Gasteiger partial charge in [-0.1, -0.05) is 17.7 Å². The Bertz CT molecular complexity index is 757. The van der Waals surface area contributed by atoms with Crippen LogP contribution < -0.4 is 14.9 Å². The molecule has 2 aromatic rings. The summed E-state index contributed by atoms with van der Waals surface area (Å²) in [5, 5.41) is 13.5. The van der Waals surface area contributed by atoms with Gasteiger partial charge < -0.3 is 14.6 Å². The Morgan fingerprint density at radius 1 is 1.21 bits per heavy atom. The number of benzene rings is 2. The number of aryl methyl sites for hydroxylation is 2. The molecule has 2 rings (SSSR count). The number of hydrogen-bond acceptors (Lipinski definition) is 5. The number of hydrogen-bond donors (Lipinski definition) is 2. The summed E-state index contributed by atoms with van der Waals surface area (Å²) in [6, 6.07) is 10.6. The highest BCUT2D eigenvalue weighted by Gasteiger charge is 2.04. The van der Waals surface area contributed by atoms with Crippen molar-refractivity contribution in [2.24, 2.45) is 5.10 Å². The smallest absolute Gasteiger partial charge is 0.277 e. The monoisotopic (exact) mass is 328 g/mol. The fraction of sp³-hybridized carbons (Fsp3) is 0.222. The van der Waals surface area contributed by atoms with Crippen molar-refractivity contribution in [1.29, 1.82) is 0 Å². The van der Waals surface area contributed by atoms with Crippen LogP contribution in [0.25, 0.3) is 0 Å². The largest absolute Gasteiger partial charge is 0.504 e. The number of nitrogens with one attached hydrogen (secondary N) is 1. The number of carbonyl (C=O) groups is 1. The molecule has 0 aromatic heterocycles. The van der Waals surface area contributed by atoms with Gasteiger partial charge >= 0.3 is 0 Å². The van der Waals surface area contributed by atoms with E-state index in [1.807, 2.05) is 32.0 Å². The third-order valence-electron chi connectivity index (χ3n) is 3.29. The summed E-state index contributed by atoms with van der Waals surface area (Å²) in [6.45, 7) is 3.79. The first-order valence-corrected chi connectivity index (χ1v) is 7.38. The first-order chi connectivity index (χ1) is 11.5. The lowest BCUT2D eigenvalue weighted by molar-refractivity contribution is -0.123. The Kier molecular flexibility index (Phi) is 5.78. The zero-order valence-corrected chi connectivity index (χ0v) is 13.9. The topological polar surface area (TPSA) is 80.2 Å². The molecule has 24 heavy (non-hydrogen) atoms. The zero-order chi connectivity index (χ0) is 17.5. The van der Waals surface area contributed by atoms with Gasteiger partial charge in [0.25, 0.3) is 5.91 Å². The van der Waals surface area contributed by atoms with Crippen LogP contribution in [0.5, 0.6) is 17.2 Å². The number of aromatic hydroxyl groups is 1. The molecule has 0 atom stereocenters. The van der Waals surface area contributed by atoms with Gasteiger partial charge in [0.2, 0.25) is 0 Å². The van der Waals surface area contributed by atoms with E-state index in [2.05, 4.69) is 10.5 Å². The van der Waals surface area contributed by atoms with E-state index >= 15 is 0 Å². The highest BCUT2D eigenvalue weighted by molar-refractivity contribution is 5.83. The molecule has 0 heterocycles. The molecule has 2 N–H and O–H groups in total. The second-order valence-corrected chi connectivity index (χ2v) is 5.28. The lowest BCUT2D eigenvalue weighted by Gasteiger charge is -2.08. The number of methoxy groups -OCH3 is 1. The van der Waals surface area contributed by atoms with Gasteiger partial charge in [0.15, 0.2) is 18.1 Å². The molecule has 6 heteroatoms. The molecule has 0 bridgehead atoms. The Morgan fingerprint density at radius 3 is 2.62 bits per heavy atom. The molecule has 0 saturated carbocycles. The fourth-order valence-corrected chi connectivity index (χ4v) is 2.10. The second-order valence-electron chi connectivity index (χ2n) is 5.28. The molecule has 126 valence electrons. The quantitative estimate of drug-likeness (QED) is 0.631. The van der Waals surface area contributed by atoms with E-state index in [1.54, 1.807) is 12.1 Å². The van der Waals surface area contributed by atoms with Crippen molar-refractivity contribution in [2.75, 3.05) is 13.7 Å². The van der Waals surface area contributed by atoms with Gasteiger partial charge in [-0.3, -0.25) is 4.79 Å². The third-order valence-corrected chi connectivity index (χ3v) is 3.29. The van der Waals surface area contributed by atoms with Gasteiger partial charge in [-0.2, -0.15) is 5.10 Å². The molecule has 6 nitrogen and oxygen atoms in total. The summed E-state index contributed by atoms with van der Waals surface area (Å²) in [4.78, 5) is 11.7. The van der Waals surface area contributed by atoms with E-state index in [0.717, 1.165) is 11.1 Å². The van der Waals surface area contributed by atoms with E-state index in [9.17, 15) is 9.90 Å². The maximum atomic E-state index is 11.7. The van der Waals surface area contributed by atoms with Gasteiger partial charge in [0.1, 0.15) is 5.75 Å². The van der Waals surface area contributed by atoms with Crippen molar-refractivity contribution < 1.29 is 19.4 Å². The maximum absolute atomic E-state index is 11.7. The molecular weight excluding hydrogens is 308 g/mol. The van der Waals surface area contributed by atoms with Gasteiger partial charge in [-0.25, -0.2) is 5.43 Å². The van der Waals surface area contributed by atoms with Crippen LogP contribution in [0.15, 0.2) is 41.5 Å². The lowest BCUT2D eigenvalue weighted by Crippen LogP contribution is -2.24. The van der Waals surface area contributed by atoms with Crippen molar-refractivity contribution in [3.05, 3.63) is 53.1 Å². The summed E-state index contributed by atoms with van der Waals surface area (Å²) >= 11 is 0. The minimum Gasteiger partial charge on any atom is -0.504 e. The van der Waals surface area contributed by atoms with Crippen LogP contribution in [0.1, 0.15) is 16.7 Å². The van der Waals surface area contributed by atoms with Crippen LogP contribution >= 0.6 is 0 Å². The molecule has 2 aromatic carbocycles. The number of phenolic OH excluding ortho intramolecular Hbond substituents is 1. The lowest BCUT2D eigenvalue weighted by atomic mass is 10.1. The van der Waals surface area contributed by atoms with Crippen molar-refractivity contribution in [1.82, 2.24) is 5.43 Å². The Hall–Kier alpha value is -3.02. The molecule has 0 radical (unpaired) electrons. The Labute approximate surface area is 140 Å². The molecule has 0 aliphatic rings. The number of hydrazone groups is 1. The molecule has 0 saturated heterocycles. The highest BCUT2D eigenvalue weighted by atomic mass is 16.5. The molecule has 0 unspecified atom stereocenters. The maximum Gasteiger partial charge on any atom is 0.277 e. The number of rotatable bonds is 6. The van der Waals surface area contributed by atoms with Crippen molar-refractivity contribution >= 4 is 12.1 Å².